The molecule has 0 aliphatic heterocycles. The number of hydrogen-bond acceptors (Lipinski definition) is 3. The van der Waals surface area contributed by atoms with E-state index < -0.39 is 11.9 Å². The lowest BCUT2D eigenvalue weighted by Gasteiger charge is -2.23. The van der Waals surface area contributed by atoms with Crippen LogP contribution in [0.3, 0.4) is 0 Å². The van der Waals surface area contributed by atoms with E-state index in [0.29, 0.717) is 24.6 Å². The molecule has 0 radical (unpaired) electrons. The monoisotopic (exact) mass is 278 g/mol. The molecule has 1 amide bonds. The number of hydrogen-bond donors (Lipinski definition) is 2. The minimum atomic E-state index is -0.836. The van der Waals surface area contributed by atoms with Gasteiger partial charge >= 0.3 is 5.97 Å². The molecule has 5 heteroatoms. The van der Waals surface area contributed by atoms with Gasteiger partial charge in [-0.15, -0.1) is 0 Å². The first-order chi connectivity index (χ1) is 9.29. The standard InChI is InChI=1S/C15H22N2O3/c1-10(2)7-17(9-14(18)19)8-13-5-4-12(15(16)20)6-11(13)3/h4-6,10H,7-9H2,1-3H3,(H2,16,20)(H,18,19). The van der Waals surface area contributed by atoms with Gasteiger partial charge in [-0.2, -0.15) is 0 Å². The number of rotatable bonds is 7. The third kappa shape index (κ3) is 5.01. The third-order valence-corrected chi connectivity index (χ3v) is 3.00. The van der Waals surface area contributed by atoms with Crippen molar-refractivity contribution in [2.45, 2.75) is 27.3 Å². The lowest BCUT2D eigenvalue weighted by Crippen LogP contribution is -2.32. The lowest BCUT2D eigenvalue weighted by molar-refractivity contribution is -0.138. The van der Waals surface area contributed by atoms with E-state index in [-0.39, 0.29) is 6.54 Å². The van der Waals surface area contributed by atoms with Crippen molar-refractivity contribution in [3.63, 3.8) is 0 Å². The number of carboxylic acids is 1. The van der Waals surface area contributed by atoms with Crippen LogP contribution in [0.25, 0.3) is 0 Å². The van der Waals surface area contributed by atoms with E-state index in [9.17, 15) is 9.59 Å². The number of nitrogens with zero attached hydrogens (tertiary/aromatic N) is 1. The van der Waals surface area contributed by atoms with Crippen LogP contribution >= 0.6 is 0 Å². The largest absolute Gasteiger partial charge is 0.480 e. The smallest absolute Gasteiger partial charge is 0.317 e. The van der Waals surface area contributed by atoms with Crippen molar-refractivity contribution in [1.82, 2.24) is 4.90 Å². The number of primary amides is 1. The molecule has 0 unspecified atom stereocenters. The normalized spacial score (nSPS) is 11.1. The Morgan fingerprint density at radius 2 is 2.00 bits per heavy atom. The van der Waals surface area contributed by atoms with Gasteiger partial charge in [-0.3, -0.25) is 14.5 Å². The highest BCUT2D eigenvalue weighted by Gasteiger charge is 2.13. The predicted octanol–water partition coefficient (Wildman–Crippen LogP) is 1.64. The molecule has 3 N–H and O–H groups in total. The molecule has 0 fully saturated rings. The minimum Gasteiger partial charge on any atom is -0.480 e. The SMILES string of the molecule is Cc1cc(C(N)=O)ccc1CN(CC(=O)O)CC(C)C. The predicted molar refractivity (Wildman–Crippen MR) is 77.4 cm³/mol. The Morgan fingerprint density at radius 1 is 1.35 bits per heavy atom. The van der Waals surface area contributed by atoms with E-state index in [2.05, 4.69) is 13.8 Å². The molecule has 1 aromatic rings. The second-order valence-electron chi connectivity index (χ2n) is 5.46. The Labute approximate surface area is 119 Å². The summed E-state index contributed by atoms with van der Waals surface area (Å²) in [5.74, 6) is -0.902. The van der Waals surface area contributed by atoms with E-state index in [0.717, 1.165) is 11.1 Å². The number of benzene rings is 1. The Balaban J connectivity index is 2.87. The third-order valence-electron chi connectivity index (χ3n) is 3.00. The van der Waals surface area contributed by atoms with Gasteiger partial charge in [-0.1, -0.05) is 19.9 Å². The van der Waals surface area contributed by atoms with Gasteiger partial charge in [0.25, 0.3) is 0 Å². The molecule has 5 nitrogen and oxygen atoms in total. The van der Waals surface area contributed by atoms with Crippen molar-refractivity contribution in [2.75, 3.05) is 13.1 Å². The molecule has 0 heterocycles. The summed E-state index contributed by atoms with van der Waals surface area (Å²) in [4.78, 5) is 23.9. The number of aryl methyl sites for hydroxylation is 1. The molecule has 0 saturated carbocycles. The van der Waals surface area contributed by atoms with Crippen LogP contribution < -0.4 is 5.73 Å². The first-order valence-corrected chi connectivity index (χ1v) is 6.63. The van der Waals surface area contributed by atoms with Crippen molar-refractivity contribution < 1.29 is 14.7 Å². The Bertz CT molecular complexity index is 498. The van der Waals surface area contributed by atoms with Crippen molar-refractivity contribution in [1.29, 1.82) is 0 Å². The average molecular weight is 278 g/mol. The van der Waals surface area contributed by atoms with Gasteiger partial charge in [-0.05, 0) is 36.1 Å². The molecule has 0 aliphatic carbocycles. The van der Waals surface area contributed by atoms with Crippen LogP contribution in [0.2, 0.25) is 0 Å². The summed E-state index contributed by atoms with van der Waals surface area (Å²) in [5, 5.41) is 8.96. The molecular weight excluding hydrogens is 256 g/mol. The van der Waals surface area contributed by atoms with Crippen LogP contribution in [0.1, 0.15) is 35.3 Å². The molecule has 1 rings (SSSR count). The summed E-state index contributed by atoms with van der Waals surface area (Å²) < 4.78 is 0. The van der Waals surface area contributed by atoms with Gasteiger partial charge in [0.15, 0.2) is 0 Å². The van der Waals surface area contributed by atoms with Crippen molar-refractivity contribution in [3.05, 3.63) is 34.9 Å². The molecule has 0 bridgehead atoms. The van der Waals surface area contributed by atoms with Crippen LogP contribution in [0, 0.1) is 12.8 Å². The van der Waals surface area contributed by atoms with E-state index in [1.54, 1.807) is 12.1 Å². The molecule has 0 aromatic heterocycles. The zero-order valence-corrected chi connectivity index (χ0v) is 12.2. The number of aliphatic carboxylic acids is 1. The van der Waals surface area contributed by atoms with E-state index in [1.165, 1.54) is 0 Å². The van der Waals surface area contributed by atoms with E-state index in [1.807, 2.05) is 17.9 Å². The van der Waals surface area contributed by atoms with Crippen molar-refractivity contribution >= 4 is 11.9 Å². The molecule has 0 atom stereocenters. The number of carbonyl (C=O) groups is 2. The fourth-order valence-corrected chi connectivity index (χ4v) is 2.16. The molecule has 0 aliphatic rings. The van der Waals surface area contributed by atoms with Crippen LogP contribution in [0.15, 0.2) is 18.2 Å². The van der Waals surface area contributed by atoms with Gasteiger partial charge in [0, 0.05) is 18.7 Å². The highest BCUT2D eigenvalue weighted by atomic mass is 16.4. The first-order valence-electron chi connectivity index (χ1n) is 6.63. The summed E-state index contributed by atoms with van der Waals surface area (Å²) in [6.45, 7) is 7.28. The molecule has 0 spiro atoms. The van der Waals surface area contributed by atoms with Gasteiger partial charge < -0.3 is 10.8 Å². The minimum absolute atomic E-state index is 0.00912. The summed E-state index contributed by atoms with van der Waals surface area (Å²) in [6, 6.07) is 5.26. The molecule has 0 saturated heterocycles. The number of carbonyl (C=O) groups excluding carboxylic acids is 1. The average Bonchev–Trinajstić information content (AvgIpc) is 2.29. The van der Waals surface area contributed by atoms with Crippen LogP contribution in [0.5, 0.6) is 0 Å². The maximum Gasteiger partial charge on any atom is 0.317 e. The second kappa shape index (κ2) is 7.05. The number of carboxylic acid groups (broad SMARTS) is 1. The molecular formula is C15H22N2O3. The lowest BCUT2D eigenvalue weighted by atomic mass is 10.0. The maximum absolute atomic E-state index is 11.1. The highest BCUT2D eigenvalue weighted by molar-refractivity contribution is 5.93. The quantitative estimate of drug-likeness (QED) is 0.794. The fourth-order valence-electron chi connectivity index (χ4n) is 2.16. The second-order valence-corrected chi connectivity index (χ2v) is 5.46. The van der Waals surface area contributed by atoms with Crippen molar-refractivity contribution in [2.24, 2.45) is 11.7 Å². The summed E-state index contributed by atoms with van der Waals surface area (Å²) in [7, 11) is 0. The number of amides is 1. The summed E-state index contributed by atoms with van der Waals surface area (Å²) >= 11 is 0. The van der Waals surface area contributed by atoms with Gasteiger partial charge in [-0.25, -0.2) is 0 Å². The Kier molecular flexibility index (Phi) is 5.70. The molecule has 20 heavy (non-hydrogen) atoms. The fraction of sp³-hybridized carbons (Fsp3) is 0.467. The summed E-state index contributed by atoms with van der Waals surface area (Å²) in [6.07, 6.45) is 0. The van der Waals surface area contributed by atoms with Crippen LogP contribution in [0.4, 0.5) is 0 Å². The van der Waals surface area contributed by atoms with Crippen LogP contribution in [-0.2, 0) is 11.3 Å². The summed E-state index contributed by atoms with van der Waals surface area (Å²) in [5.41, 5.74) is 7.67. The van der Waals surface area contributed by atoms with E-state index >= 15 is 0 Å². The van der Waals surface area contributed by atoms with Gasteiger partial charge in [0.05, 0.1) is 6.54 Å². The zero-order chi connectivity index (χ0) is 15.3. The zero-order valence-electron chi connectivity index (χ0n) is 12.2. The van der Waals surface area contributed by atoms with Crippen LogP contribution in [-0.4, -0.2) is 35.0 Å². The van der Waals surface area contributed by atoms with Crippen molar-refractivity contribution in [3.8, 4) is 0 Å². The van der Waals surface area contributed by atoms with Gasteiger partial charge in [0.1, 0.15) is 0 Å². The maximum atomic E-state index is 11.1. The topological polar surface area (TPSA) is 83.6 Å². The van der Waals surface area contributed by atoms with Gasteiger partial charge in [0.2, 0.25) is 5.91 Å². The molecule has 1 aromatic carbocycles. The molecule has 110 valence electrons. The Morgan fingerprint density at radius 3 is 2.45 bits per heavy atom. The first kappa shape index (κ1) is 16.2. The number of nitrogens with two attached hydrogens (primary N) is 1. The van der Waals surface area contributed by atoms with E-state index in [4.69, 9.17) is 10.8 Å². The highest BCUT2D eigenvalue weighted by Crippen LogP contribution is 2.14. The Hall–Kier alpha value is -1.88.